The summed E-state index contributed by atoms with van der Waals surface area (Å²) in [6, 6.07) is 9.41. The van der Waals surface area contributed by atoms with E-state index in [1.54, 1.807) is 6.07 Å². The molecule has 2 N–H and O–H groups in total. The number of pyridine rings is 1. The summed E-state index contributed by atoms with van der Waals surface area (Å²) in [6.45, 7) is 0.928. The van der Waals surface area contributed by atoms with E-state index < -0.39 is 24.0 Å². The van der Waals surface area contributed by atoms with E-state index in [-0.39, 0.29) is 31.1 Å². The lowest BCUT2D eigenvalue weighted by Crippen LogP contribution is -2.17. The lowest BCUT2D eigenvalue weighted by molar-refractivity contribution is -0.274. The predicted molar refractivity (Wildman–Crippen MR) is 126 cm³/mol. The number of hydrogen-bond acceptors (Lipinski definition) is 7. The number of nitrogens with one attached hydrogen (secondary N) is 1. The minimum Gasteiger partial charge on any atom is -0.481 e. The summed E-state index contributed by atoms with van der Waals surface area (Å²) in [5.74, 6) is -0.509. The summed E-state index contributed by atoms with van der Waals surface area (Å²) < 4.78 is 46.9. The van der Waals surface area contributed by atoms with Crippen molar-refractivity contribution in [1.29, 1.82) is 0 Å². The Morgan fingerprint density at radius 1 is 1.19 bits per heavy atom. The molecule has 1 aliphatic heterocycles. The average molecular weight is 527 g/mol. The highest BCUT2D eigenvalue weighted by atomic mass is 35.5. The van der Waals surface area contributed by atoms with Crippen LogP contribution >= 0.6 is 12.4 Å². The number of aliphatic carboxylic acids is 1. The smallest absolute Gasteiger partial charge is 0.481 e. The van der Waals surface area contributed by atoms with Crippen molar-refractivity contribution in [2.24, 2.45) is 0 Å². The summed E-state index contributed by atoms with van der Waals surface area (Å²) in [7, 11) is 0. The van der Waals surface area contributed by atoms with Gasteiger partial charge in [-0.3, -0.25) is 4.79 Å². The van der Waals surface area contributed by atoms with Gasteiger partial charge in [-0.05, 0) is 55.0 Å². The first kappa shape index (κ1) is 27.3. The second kappa shape index (κ2) is 12.1. The Bertz CT molecular complexity index is 1170. The van der Waals surface area contributed by atoms with Crippen LogP contribution in [0.2, 0.25) is 0 Å². The number of rotatable bonds is 10. The standard InChI is InChI=1S/C24H25F3N4O4.ClH/c25-24(26,27)34-19-7-1-4-16(12-19)17(14-22(32)33)13-21-30-20(31-35-21)8-2-6-18-10-9-15-5-3-11-28-23(15)29-18;/h1,4,7,9-10,12,17H,2-3,5-6,8,11,13-14H2,(H,28,29)(H,32,33);1H. The molecular weight excluding hydrogens is 501 g/mol. The average Bonchev–Trinajstić information content (AvgIpc) is 3.24. The number of carboxylic acid groups (broad SMARTS) is 1. The van der Waals surface area contributed by atoms with Gasteiger partial charge in [-0.2, -0.15) is 4.98 Å². The lowest BCUT2D eigenvalue weighted by Gasteiger charge is -2.17. The van der Waals surface area contributed by atoms with Crippen LogP contribution < -0.4 is 10.1 Å². The van der Waals surface area contributed by atoms with Crippen molar-refractivity contribution in [3.8, 4) is 5.75 Å². The Labute approximate surface area is 211 Å². The van der Waals surface area contributed by atoms with Gasteiger partial charge in [0.25, 0.3) is 0 Å². The Morgan fingerprint density at radius 3 is 2.81 bits per heavy atom. The molecule has 0 bridgehead atoms. The van der Waals surface area contributed by atoms with Gasteiger partial charge in [0.2, 0.25) is 5.89 Å². The number of carbonyl (C=O) groups is 1. The number of alkyl halides is 3. The molecule has 0 amide bonds. The van der Waals surface area contributed by atoms with Crippen molar-refractivity contribution in [1.82, 2.24) is 15.1 Å². The van der Waals surface area contributed by atoms with Crippen molar-refractivity contribution in [2.45, 2.75) is 57.2 Å². The quantitative estimate of drug-likeness (QED) is 0.374. The topological polar surface area (TPSA) is 110 Å². The van der Waals surface area contributed by atoms with Crippen molar-refractivity contribution in [3.63, 3.8) is 0 Å². The number of anilines is 1. The first-order valence-corrected chi connectivity index (χ1v) is 11.4. The van der Waals surface area contributed by atoms with E-state index >= 15 is 0 Å². The number of fused-ring (bicyclic) bond motifs is 1. The fourth-order valence-corrected chi connectivity index (χ4v) is 4.11. The molecule has 12 heteroatoms. The number of ether oxygens (including phenoxy) is 1. The normalized spacial score (nSPS) is 13.8. The summed E-state index contributed by atoms with van der Waals surface area (Å²) in [5, 5.41) is 16.6. The molecule has 0 saturated carbocycles. The minimum absolute atomic E-state index is 0. The van der Waals surface area contributed by atoms with Gasteiger partial charge in [-0.15, -0.1) is 25.6 Å². The van der Waals surface area contributed by atoms with Gasteiger partial charge < -0.3 is 19.7 Å². The van der Waals surface area contributed by atoms with E-state index in [0.29, 0.717) is 17.8 Å². The molecule has 2 aromatic heterocycles. The van der Waals surface area contributed by atoms with Crippen molar-refractivity contribution in [2.75, 3.05) is 11.9 Å². The molecule has 1 unspecified atom stereocenters. The van der Waals surface area contributed by atoms with E-state index in [1.165, 1.54) is 17.7 Å². The van der Waals surface area contributed by atoms with Crippen LogP contribution in [0, 0.1) is 0 Å². The van der Waals surface area contributed by atoms with Crippen LogP contribution in [0.4, 0.5) is 19.0 Å². The van der Waals surface area contributed by atoms with Gasteiger partial charge in [0.15, 0.2) is 5.82 Å². The Kier molecular flexibility index (Phi) is 9.14. The number of nitrogens with zero attached hydrogens (tertiary/aromatic N) is 3. The molecule has 0 radical (unpaired) electrons. The number of halogens is 4. The number of aromatic nitrogens is 3. The molecule has 3 heterocycles. The summed E-state index contributed by atoms with van der Waals surface area (Å²) in [6.07, 6.45) is -0.898. The van der Waals surface area contributed by atoms with Crippen LogP contribution in [-0.4, -0.2) is 39.1 Å². The van der Waals surface area contributed by atoms with Crippen LogP contribution in [-0.2, 0) is 30.5 Å². The van der Waals surface area contributed by atoms with Gasteiger partial charge in [0.1, 0.15) is 11.6 Å². The molecular formula is C24H26ClF3N4O4. The van der Waals surface area contributed by atoms with Gasteiger partial charge >= 0.3 is 12.3 Å². The molecule has 1 atom stereocenters. The SMILES string of the molecule is Cl.O=C(O)CC(Cc1nc(CCCc2ccc3c(n2)NCCC3)no1)c1cccc(OC(F)(F)F)c1. The number of carboxylic acids is 1. The molecule has 194 valence electrons. The Morgan fingerprint density at radius 2 is 2.03 bits per heavy atom. The third kappa shape index (κ3) is 7.84. The Hall–Kier alpha value is -3.34. The van der Waals surface area contributed by atoms with E-state index in [2.05, 4.69) is 31.2 Å². The maximum absolute atomic E-state index is 12.6. The number of aryl methyl sites for hydroxylation is 3. The highest BCUT2D eigenvalue weighted by molar-refractivity contribution is 5.85. The maximum atomic E-state index is 12.6. The highest BCUT2D eigenvalue weighted by Gasteiger charge is 2.31. The molecule has 0 fully saturated rings. The molecule has 36 heavy (non-hydrogen) atoms. The van der Waals surface area contributed by atoms with Crippen LogP contribution in [0.3, 0.4) is 0 Å². The largest absolute Gasteiger partial charge is 0.573 e. The number of hydrogen-bond donors (Lipinski definition) is 2. The summed E-state index contributed by atoms with van der Waals surface area (Å²) >= 11 is 0. The second-order valence-electron chi connectivity index (χ2n) is 8.42. The minimum atomic E-state index is -4.84. The number of benzene rings is 1. The molecule has 8 nitrogen and oxygen atoms in total. The summed E-state index contributed by atoms with van der Waals surface area (Å²) in [5.41, 5.74) is 2.58. The molecule has 4 rings (SSSR count). The highest BCUT2D eigenvalue weighted by Crippen LogP contribution is 2.30. The lowest BCUT2D eigenvalue weighted by atomic mass is 9.92. The zero-order valence-electron chi connectivity index (χ0n) is 19.3. The fraction of sp³-hybridized carbons (Fsp3) is 0.417. The fourth-order valence-electron chi connectivity index (χ4n) is 4.11. The molecule has 3 aromatic rings. The predicted octanol–water partition coefficient (Wildman–Crippen LogP) is 5.12. The van der Waals surface area contributed by atoms with Crippen LogP contribution in [0.25, 0.3) is 0 Å². The Balaban J connectivity index is 0.00000361. The molecule has 1 aliphatic rings. The third-order valence-electron chi connectivity index (χ3n) is 5.70. The zero-order chi connectivity index (χ0) is 24.8. The first-order chi connectivity index (χ1) is 16.7. The molecule has 0 saturated heterocycles. The van der Waals surface area contributed by atoms with E-state index in [0.717, 1.165) is 49.8 Å². The second-order valence-corrected chi connectivity index (χ2v) is 8.42. The van der Waals surface area contributed by atoms with E-state index in [4.69, 9.17) is 4.52 Å². The van der Waals surface area contributed by atoms with Gasteiger partial charge in [0.05, 0.1) is 6.42 Å². The van der Waals surface area contributed by atoms with Crippen LogP contribution in [0.5, 0.6) is 5.75 Å². The van der Waals surface area contributed by atoms with Crippen molar-refractivity contribution < 1.29 is 32.3 Å². The third-order valence-corrected chi connectivity index (χ3v) is 5.70. The molecule has 0 spiro atoms. The van der Waals surface area contributed by atoms with Gasteiger partial charge in [-0.1, -0.05) is 23.4 Å². The monoisotopic (exact) mass is 526 g/mol. The first-order valence-electron chi connectivity index (χ1n) is 11.4. The van der Waals surface area contributed by atoms with Crippen molar-refractivity contribution >= 4 is 24.2 Å². The van der Waals surface area contributed by atoms with E-state index in [9.17, 15) is 23.1 Å². The molecule has 0 aliphatic carbocycles. The zero-order valence-corrected chi connectivity index (χ0v) is 20.1. The van der Waals surface area contributed by atoms with Gasteiger partial charge in [0, 0.05) is 31.0 Å². The van der Waals surface area contributed by atoms with Crippen LogP contribution in [0.1, 0.15) is 53.7 Å². The maximum Gasteiger partial charge on any atom is 0.573 e. The van der Waals surface area contributed by atoms with Crippen molar-refractivity contribution in [3.05, 3.63) is 64.9 Å². The van der Waals surface area contributed by atoms with E-state index in [1.807, 2.05) is 6.07 Å². The molecule has 1 aromatic carbocycles. The van der Waals surface area contributed by atoms with Crippen LogP contribution in [0.15, 0.2) is 40.9 Å². The van der Waals surface area contributed by atoms with Gasteiger partial charge in [-0.25, -0.2) is 4.98 Å². The summed E-state index contributed by atoms with van der Waals surface area (Å²) in [4.78, 5) is 20.4.